The number of nitrogens with zero attached hydrogens (tertiary/aromatic N) is 4. The summed E-state index contributed by atoms with van der Waals surface area (Å²) in [6.45, 7) is 0.795. The van der Waals surface area contributed by atoms with Crippen molar-refractivity contribution in [2.24, 2.45) is 0 Å². The van der Waals surface area contributed by atoms with E-state index in [-0.39, 0.29) is 5.56 Å². The molecule has 7 heteroatoms. The van der Waals surface area contributed by atoms with E-state index >= 15 is 0 Å². The van der Waals surface area contributed by atoms with E-state index in [0.717, 1.165) is 5.56 Å². The van der Waals surface area contributed by atoms with E-state index < -0.39 is 5.97 Å². The highest BCUT2D eigenvalue weighted by atomic mass is 16.5. The number of carboxylic acid groups (broad SMARTS) is 1. The van der Waals surface area contributed by atoms with E-state index in [0.29, 0.717) is 30.5 Å². The first-order chi connectivity index (χ1) is 11.6. The lowest BCUT2D eigenvalue weighted by molar-refractivity contribution is 0.0694. The predicted octanol–water partition coefficient (Wildman–Crippen LogP) is 2.46. The van der Waals surface area contributed by atoms with Crippen LogP contribution in [-0.4, -0.2) is 38.1 Å². The Bertz CT molecular complexity index is 833. The second-order valence-electron chi connectivity index (χ2n) is 5.36. The van der Waals surface area contributed by atoms with Crippen molar-refractivity contribution in [3.8, 4) is 11.5 Å². The number of carboxylic acids is 1. The van der Waals surface area contributed by atoms with Crippen molar-refractivity contribution in [1.82, 2.24) is 20.0 Å². The van der Waals surface area contributed by atoms with Crippen molar-refractivity contribution < 1.29 is 14.4 Å². The monoisotopic (exact) mass is 324 g/mol. The Labute approximate surface area is 138 Å². The van der Waals surface area contributed by atoms with Gasteiger partial charge in [-0.05, 0) is 31.3 Å². The topological polar surface area (TPSA) is 92.4 Å². The summed E-state index contributed by atoms with van der Waals surface area (Å²) in [5.74, 6) is 0.00430. The molecule has 0 aliphatic carbocycles. The summed E-state index contributed by atoms with van der Waals surface area (Å²) in [6.07, 6.45) is 1.58. The van der Waals surface area contributed by atoms with Crippen LogP contribution in [0.25, 0.3) is 11.5 Å². The van der Waals surface area contributed by atoms with Crippen LogP contribution in [0.4, 0.5) is 0 Å². The molecule has 3 aromatic rings. The van der Waals surface area contributed by atoms with Crippen LogP contribution in [0, 0.1) is 0 Å². The molecule has 0 fully saturated rings. The molecule has 2 heterocycles. The van der Waals surface area contributed by atoms with Gasteiger partial charge in [0, 0.05) is 18.3 Å². The summed E-state index contributed by atoms with van der Waals surface area (Å²) in [6, 6.07) is 12.7. The van der Waals surface area contributed by atoms with Crippen LogP contribution in [0.3, 0.4) is 0 Å². The summed E-state index contributed by atoms with van der Waals surface area (Å²) < 4.78 is 5.27. The van der Waals surface area contributed by atoms with Crippen LogP contribution < -0.4 is 0 Å². The molecular formula is C17H16N4O3. The fourth-order valence-electron chi connectivity index (χ4n) is 2.33. The lowest BCUT2D eigenvalue weighted by Gasteiger charge is -2.14. The first kappa shape index (κ1) is 15.8. The van der Waals surface area contributed by atoms with Gasteiger partial charge in [0.15, 0.2) is 5.82 Å². The third-order valence-electron chi connectivity index (χ3n) is 3.44. The lowest BCUT2D eigenvalue weighted by atomic mass is 10.2. The summed E-state index contributed by atoms with van der Waals surface area (Å²) in [5.41, 5.74) is 1.55. The van der Waals surface area contributed by atoms with Gasteiger partial charge in [-0.25, -0.2) is 4.79 Å². The molecule has 3 rings (SSSR count). The van der Waals surface area contributed by atoms with Crippen molar-refractivity contribution in [2.45, 2.75) is 13.1 Å². The van der Waals surface area contributed by atoms with Crippen LogP contribution in [0.15, 0.2) is 53.2 Å². The molecule has 0 saturated carbocycles. The molecule has 0 saturated heterocycles. The molecule has 0 radical (unpaired) electrons. The van der Waals surface area contributed by atoms with Crippen LogP contribution in [0.2, 0.25) is 0 Å². The maximum atomic E-state index is 11.2. The van der Waals surface area contributed by atoms with Gasteiger partial charge in [-0.2, -0.15) is 4.98 Å². The number of aromatic nitrogens is 3. The largest absolute Gasteiger partial charge is 0.478 e. The van der Waals surface area contributed by atoms with E-state index in [9.17, 15) is 9.90 Å². The minimum Gasteiger partial charge on any atom is -0.478 e. The van der Waals surface area contributed by atoms with Crippen molar-refractivity contribution in [3.05, 3.63) is 65.7 Å². The molecular weight excluding hydrogens is 308 g/mol. The Morgan fingerprint density at radius 3 is 2.71 bits per heavy atom. The van der Waals surface area contributed by atoms with Crippen LogP contribution in [0.1, 0.15) is 21.9 Å². The van der Waals surface area contributed by atoms with Crippen molar-refractivity contribution in [1.29, 1.82) is 0 Å². The van der Waals surface area contributed by atoms with Crippen LogP contribution in [0.5, 0.6) is 0 Å². The van der Waals surface area contributed by atoms with Gasteiger partial charge in [0.2, 0.25) is 0 Å². The standard InChI is InChI=1S/C17H16N4O3/c1-21(10-14-13(17(22)23)8-5-9-18-14)11-15-19-16(24-20-15)12-6-3-2-4-7-12/h2-9H,10-11H2,1H3,(H,22,23). The number of hydrogen-bond acceptors (Lipinski definition) is 6. The predicted molar refractivity (Wildman–Crippen MR) is 86.1 cm³/mol. The maximum Gasteiger partial charge on any atom is 0.337 e. The molecule has 122 valence electrons. The number of aromatic carboxylic acids is 1. The minimum absolute atomic E-state index is 0.197. The zero-order chi connectivity index (χ0) is 16.9. The summed E-state index contributed by atoms with van der Waals surface area (Å²) in [5, 5.41) is 13.2. The third-order valence-corrected chi connectivity index (χ3v) is 3.44. The highest BCUT2D eigenvalue weighted by Gasteiger charge is 2.15. The van der Waals surface area contributed by atoms with Crippen molar-refractivity contribution in [3.63, 3.8) is 0 Å². The summed E-state index contributed by atoms with van der Waals surface area (Å²) in [7, 11) is 1.85. The van der Waals surface area contributed by atoms with Crippen LogP contribution in [-0.2, 0) is 13.1 Å². The molecule has 0 spiro atoms. The van der Waals surface area contributed by atoms with Gasteiger partial charge in [-0.3, -0.25) is 9.88 Å². The van der Waals surface area contributed by atoms with Gasteiger partial charge < -0.3 is 9.63 Å². The Balaban J connectivity index is 1.69. The molecule has 2 aromatic heterocycles. The molecule has 0 bridgehead atoms. The van der Waals surface area contributed by atoms with E-state index in [1.807, 2.05) is 42.3 Å². The van der Waals surface area contributed by atoms with Gasteiger partial charge in [0.1, 0.15) is 0 Å². The Morgan fingerprint density at radius 2 is 1.96 bits per heavy atom. The number of hydrogen-bond donors (Lipinski definition) is 1. The molecule has 1 N–H and O–H groups in total. The molecule has 0 aliphatic rings. The molecule has 0 atom stereocenters. The second kappa shape index (κ2) is 7.01. The van der Waals surface area contributed by atoms with Gasteiger partial charge >= 0.3 is 5.97 Å². The number of carbonyl (C=O) groups is 1. The average molecular weight is 324 g/mol. The van der Waals surface area contributed by atoms with Gasteiger partial charge in [0.05, 0.1) is 17.8 Å². The molecule has 1 aromatic carbocycles. The number of pyridine rings is 1. The third kappa shape index (κ3) is 3.64. The summed E-state index contributed by atoms with van der Waals surface area (Å²) >= 11 is 0. The highest BCUT2D eigenvalue weighted by Crippen LogP contribution is 2.17. The smallest absolute Gasteiger partial charge is 0.337 e. The first-order valence-corrected chi connectivity index (χ1v) is 7.37. The Hall–Kier alpha value is -3.06. The Morgan fingerprint density at radius 1 is 1.17 bits per heavy atom. The van der Waals surface area contributed by atoms with E-state index in [4.69, 9.17) is 4.52 Å². The van der Waals surface area contributed by atoms with Crippen LogP contribution >= 0.6 is 0 Å². The van der Waals surface area contributed by atoms with Gasteiger partial charge in [-0.15, -0.1) is 0 Å². The zero-order valence-electron chi connectivity index (χ0n) is 13.1. The van der Waals surface area contributed by atoms with Crippen molar-refractivity contribution >= 4 is 5.97 Å². The highest BCUT2D eigenvalue weighted by molar-refractivity contribution is 5.88. The Kier molecular flexibility index (Phi) is 4.62. The molecule has 24 heavy (non-hydrogen) atoms. The SMILES string of the molecule is CN(Cc1noc(-c2ccccc2)n1)Cc1ncccc1C(=O)O. The maximum absolute atomic E-state index is 11.2. The minimum atomic E-state index is -0.988. The second-order valence-corrected chi connectivity index (χ2v) is 5.36. The van der Waals surface area contributed by atoms with Crippen molar-refractivity contribution in [2.75, 3.05) is 7.05 Å². The fourth-order valence-corrected chi connectivity index (χ4v) is 2.33. The fraction of sp³-hybridized carbons (Fsp3) is 0.176. The van der Waals surface area contributed by atoms with E-state index in [2.05, 4.69) is 15.1 Å². The van der Waals surface area contributed by atoms with Gasteiger partial charge in [-0.1, -0.05) is 23.4 Å². The molecule has 7 nitrogen and oxygen atoms in total. The summed E-state index contributed by atoms with van der Waals surface area (Å²) in [4.78, 5) is 21.6. The first-order valence-electron chi connectivity index (χ1n) is 7.37. The average Bonchev–Trinajstić information content (AvgIpc) is 3.04. The molecule has 0 unspecified atom stereocenters. The quantitative estimate of drug-likeness (QED) is 0.744. The van der Waals surface area contributed by atoms with Gasteiger partial charge in [0.25, 0.3) is 5.89 Å². The lowest BCUT2D eigenvalue weighted by Crippen LogP contribution is -2.20. The zero-order valence-corrected chi connectivity index (χ0v) is 13.1. The molecule has 0 amide bonds. The van der Waals surface area contributed by atoms with E-state index in [1.165, 1.54) is 0 Å². The normalized spacial score (nSPS) is 10.9. The number of rotatable bonds is 6. The molecule has 0 aliphatic heterocycles. The van der Waals surface area contributed by atoms with E-state index in [1.54, 1.807) is 18.3 Å². The number of benzene rings is 1.